The molecular formula is C16H26O6. The first-order chi connectivity index (χ1) is 10.5. The lowest BCUT2D eigenvalue weighted by Crippen LogP contribution is -2.19. The Bertz CT molecular complexity index is 339. The second-order valence-electron chi connectivity index (χ2n) is 4.85. The Labute approximate surface area is 131 Å². The van der Waals surface area contributed by atoms with Gasteiger partial charge in [-0.1, -0.05) is 25.0 Å². The highest BCUT2D eigenvalue weighted by atomic mass is 16.5. The van der Waals surface area contributed by atoms with Gasteiger partial charge in [-0.05, 0) is 26.7 Å². The van der Waals surface area contributed by atoms with Crippen LogP contribution in [0.1, 0.15) is 39.5 Å². The van der Waals surface area contributed by atoms with E-state index in [1.165, 1.54) is 12.2 Å². The molecule has 0 radical (unpaired) electrons. The molecule has 6 nitrogen and oxygen atoms in total. The van der Waals surface area contributed by atoms with Crippen molar-refractivity contribution in [3.8, 4) is 0 Å². The first-order valence-corrected chi connectivity index (χ1v) is 7.44. The van der Waals surface area contributed by atoms with E-state index in [2.05, 4.69) is 0 Å². The molecule has 0 bridgehead atoms. The Morgan fingerprint density at radius 3 is 1.55 bits per heavy atom. The van der Waals surface area contributed by atoms with Crippen molar-refractivity contribution in [2.24, 2.45) is 0 Å². The summed E-state index contributed by atoms with van der Waals surface area (Å²) < 4.78 is 9.64. The van der Waals surface area contributed by atoms with Gasteiger partial charge in [-0.3, -0.25) is 0 Å². The maximum atomic E-state index is 11.0. The van der Waals surface area contributed by atoms with E-state index in [4.69, 9.17) is 9.47 Å². The molecule has 0 saturated carbocycles. The molecule has 2 atom stereocenters. The number of hydrogen-bond acceptors (Lipinski definition) is 6. The minimum atomic E-state index is -0.709. The number of hydrogen-bond donors (Lipinski definition) is 2. The van der Waals surface area contributed by atoms with E-state index in [9.17, 15) is 19.8 Å². The van der Waals surface area contributed by atoms with Crippen molar-refractivity contribution in [2.45, 2.75) is 51.7 Å². The van der Waals surface area contributed by atoms with Crippen LogP contribution in [-0.2, 0) is 19.1 Å². The van der Waals surface area contributed by atoms with Crippen LogP contribution in [0.25, 0.3) is 0 Å². The van der Waals surface area contributed by atoms with Crippen LogP contribution in [0.4, 0.5) is 0 Å². The highest BCUT2D eigenvalue weighted by Crippen LogP contribution is 2.07. The van der Waals surface area contributed by atoms with Gasteiger partial charge in [-0.15, -0.1) is 0 Å². The number of allylic oxidation sites excluding steroid dienone is 2. The van der Waals surface area contributed by atoms with Crippen molar-refractivity contribution in [2.75, 3.05) is 13.2 Å². The minimum Gasteiger partial charge on any atom is -0.460 e. The zero-order valence-corrected chi connectivity index (χ0v) is 13.2. The summed E-state index contributed by atoms with van der Waals surface area (Å²) in [6.45, 7) is 3.34. The van der Waals surface area contributed by atoms with E-state index in [0.717, 1.165) is 0 Å². The number of carbonyl (C=O) groups excluding carboxylic acids is 2. The highest BCUT2D eigenvalue weighted by molar-refractivity contribution is 5.82. The molecule has 0 aromatic rings. The van der Waals surface area contributed by atoms with Gasteiger partial charge >= 0.3 is 11.9 Å². The van der Waals surface area contributed by atoms with Crippen molar-refractivity contribution in [3.63, 3.8) is 0 Å². The zero-order valence-electron chi connectivity index (χ0n) is 13.2. The number of carbonyl (C=O) groups is 2. The Balaban J connectivity index is 3.62. The van der Waals surface area contributed by atoms with Crippen LogP contribution in [0.2, 0.25) is 0 Å². The van der Waals surface area contributed by atoms with Crippen LogP contribution in [0, 0.1) is 0 Å². The largest absolute Gasteiger partial charge is 0.460 e. The fourth-order valence-corrected chi connectivity index (χ4v) is 1.65. The summed E-state index contributed by atoms with van der Waals surface area (Å²) >= 11 is 0. The van der Waals surface area contributed by atoms with E-state index >= 15 is 0 Å². The molecule has 0 aliphatic heterocycles. The number of aliphatic hydroxyl groups is 2. The Hall–Kier alpha value is -1.66. The minimum absolute atomic E-state index is 0.0350. The quantitative estimate of drug-likeness (QED) is 0.341. The summed E-state index contributed by atoms with van der Waals surface area (Å²) in [5, 5.41) is 19.3. The van der Waals surface area contributed by atoms with Gasteiger partial charge in [0.05, 0.1) is 12.2 Å². The third-order valence-electron chi connectivity index (χ3n) is 2.77. The molecule has 2 unspecified atom stereocenters. The number of unbranched alkanes of at least 4 members (excludes halogenated alkanes) is 1. The standard InChI is InChI=1S/C16H26O6/c1-3-7-15(19)21-11-13(17)9-5-6-10-14(18)12-22-16(20)8-4-2/h3-4,7-8,13-14,17-18H,5-6,9-12H2,1-2H3. The molecule has 0 aromatic heterocycles. The van der Waals surface area contributed by atoms with Gasteiger partial charge in [0, 0.05) is 12.2 Å². The molecule has 126 valence electrons. The van der Waals surface area contributed by atoms with Crippen molar-refractivity contribution in [3.05, 3.63) is 24.3 Å². The third kappa shape index (κ3) is 12.1. The summed E-state index contributed by atoms with van der Waals surface area (Å²) in [5.74, 6) is -0.945. The first kappa shape index (κ1) is 20.3. The fourth-order valence-electron chi connectivity index (χ4n) is 1.65. The van der Waals surface area contributed by atoms with Crippen molar-refractivity contribution >= 4 is 11.9 Å². The fraction of sp³-hybridized carbons (Fsp3) is 0.625. The maximum Gasteiger partial charge on any atom is 0.330 e. The summed E-state index contributed by atoms with van der Waals surface area (Å²) in [5.41, 5.74) is 0. The topological polar surface area (TPSA) is 93.1 Å². The van der Waals surface area contributed by atoms with Crippen LogP contribution >= 0.6 is 0 Å². The molecule has 0 fully saturated rings. The number of ether oxygens (including phenoxy) is 2. The number of aliphatic hydroxyl groups excluding tert-OH is 2. The Morgan fingerprint density at radius 2 is 1.23 bits per heavy atom. The Morgan fingerprint density at radius 1 is 0.864 bits per heavy atom. The van der Waals surface area contributed by atoms with Gasteiger partial charge in [0.1, 0.15) is 13.2 Å². The van der Waals surface area contributed by atoms with Crippen LogP contribution in [-0.4, -0.2) is 47.6 Å². The van der Waals surface area contributed by atoms with E-state index < -0.39 is 24.1 Å². The predicted molar refractivity (Wildman–Crippen MR) is 82.0 cm³/mol. The van der Waals surface area contributed by atoms with Gasteiger partial charge < -0.3 is 19.7 Å². The molecule has 0 saturated heterocycles. The van der Waals surface area contributed by atoms with E-state index in [1.54, 1.807) is 26.0 Å². The third-order valence-corrected chi connectivity index (χ3v) is 2.77. The van der Waals surface area contributed by atoms with E-state index in [1.807, 2.05) is 0 Å². The average molecular weight is 314 g/mol. The van der Waals surface area contributed by atoms with Crippen molar-refractivity contribution in [1.29, 1.82) is 0 Å². The molecule has 0 spiro atoms. The first-order valence-electron chi connectivity index (χ1n) is 7.44. The van der Waals surface area contributed by atoms with Gasteiger partial charge in [-0.2, -0.15) is 0 Å². The highest BCUT2D eigenvalue weighted by Gasteiger charge is 2.09. The van der Waals surface area contributed by atoms with Crippen molar-refractivity contribution < 1.29 is 29.3 Å². The van der Waals surface area contributed by atoms with Gasteiger partial charge in [0.15, 0.2) is 0 Å². The summed E-state index contributed by atoms with van der Waals surface area (Å²) in [6.07, 6.45) is 6.62. The SMILES string of the molecule is CC=CC(=O)OCC(O)CCCCC(O)COC(=O)C=CC. The van der Waals surface area contributed by atoms with Gasteiger partial charge in [-0.25, -0.2) is 9.59 Å². The van der Waals surface area contributed by atoms with Crippen LogP contribution in [0.5, 0.6) is 0 Å². The lowest BCUT2D eigenvalue weighted by molar-refractivity contribution is -0.141. The maximum absolute atomic E-state index is 11.0. The summed E-state index contributed by atoms with van der Waals surface area (Å²) in [6, 6.07) is 0. The Kier molecular flexibility index (Phi) is 12.1. The molecule has 0 aromatic carbocycles. The summed E-state index contributed by atoms with van der Waals surface area (Å²) in [7, 11) is 0. The lowest BCUT2D eigenvalue weighted by atomic mass is 10.1. The second-order valence-corrected chi connectivity index (χ2v) is 4.85. The van der Waals surface area contributed by atoms with Crippen LogP contribution < -0.4 is 0 Å². The average Bonchev–Trinajstić information content (AvgIpc) is 2.48. The lowest BCUT2D eigenvalue weighted by Gasteiger charge is -2.12. The van der Waals surface area contributed by atoms with Gasteiger partial charge in [0.2, 0.25) is 0 Å². The van der Waals surface area contributed by atoms with E-state index in [-0.39, 0.29) is 13.2 Å². The smallest absolute Gasteiger partial charge is 0.330 e. The predicted octanol–water partition coefficient (Wildman–Crippen LogP) is 1.51. The van der Waals surface area contributed by atoms with Crippen molar-refractivity contribution in [1.82, 2.24) is 0 Å². The number of rotatable bonds is 11. The van der Waals surface area contributed by atoms with E-state index in [0.29, 0.717) is 25.7 Å². The molecule has 2 N–H and O–H groups in total. The molecule has 6 heteroatoms. The summed E-state index contributed by atoms with van der Waals surface area (Å²) in [4.78, 5) is 22.1. The molecule has 0 aliphatic carbocycles. The molecule has 0 aliphatic rings. The normalized spacial score (nSPS) is 14.2. The zero-order chi connectivity index (χ0) is 16.8. The molecule has 0 heterocycles. The molecule has 0 amide bonds. The monoisotopic (exact) mass is 314 g/mol. The number of esters is 2. The van der Waals surface area contributed by atoms with Crippen LogP contribution in [0.3, 0.4) is 0 Å². The molecular weight excluding hydrogens is 288 g/mol. The molecule has 0 rings (SSSR count). The van der Waals surface area contributed by atoms with Gasteiger partial charge in [0.25, 0.3) is 0 Å². The second kappa shape index (κ2) is 13.0. The van der Waals surface area contributed by atoms with Crippen LogP contribution in [0.15, 0.2) is 24.3 Å². The molecule has 22 heavy (non-hydrogen) atoms.